The fourth-order valence-electron chi connectivity index (χ4n) is 11.4. The number of aromatic amines is 2. The fraction of sp³-hybridized carbons (Fsp3) is 0.423. The van der Waals surface area contributed by atoms with Gasteiger partial charge in [-0.2, -0.15) is 0 Å². The molecule has 0 spiro atoms. The topological polar surface area (TPSA) is 175 Å². The molecular formula is C52H58N8O6. The summed E-state index contributed by atoms with van der Waals surface area (Å²) in [4.78, 5) is 72.8. The number of alkyl carbamates (subject to hydrolysis) is 2. The molecule has 6 aromatic rings. The van der Waals surface area contributed by atoms with Crippen molar-refractivity contribution in [2.45, 2.75) is 95.9 Å². The van der Waals surface area contributed by atoms with Crippen LogP contribution in [0.4, 0.5) is 9.59 Å². The number of ether oxygens (including phenoxy) is 2. The molecule has 4 bridgehead atoms. The number of amides is 4. The Bertz CT molecular complexity index is 2800. The standard InChI is InChI=1S/C52H58N8O6/c1-28(2)45(58-52(64)66-5)50(62)60-39-19-15-37(24-39)47(60)49-55-41-21-17-35(26-43(41)57-49)33-12-8-31(9-13-33)30-6-10-32(11-7-30)34-16-20-40-42(25-34)56-48(54-40)46-36-14-18-38(23-36)59(46)44(61)22-29(3)27-53-51(63)65-4/h6-13,16-17,20-21,25-26,28-29,36-39,45-47H,14-15,18-19,22-24,27H2,1-5H3,(H,53,63)(H,54,56)(H,55,57)(H,58,64). The zero-order valence-corrected chi connectivity index (χ0v) is 38.2. The molecule has 2 aliphatic carbocycles. The highest BCUT2D eigenvalue weighted by atomic mass is 16.5. The number of carbonyl (C=O) groups excluding carboxylic acids is 4. The van der Waals surface area contributed by atoms with Crippen LogP contribution < -0.4 is 10.6 Å². The Morgan fingerprint density at radius 1 is 0.636 bits per heavy atom. The second kappa shape index (κ2) is 17.6. The molecule has 0 radical (unpaired) electrons. The van der Waals surface area contributed by atoms with Gasteiger partial charge in [0.25, 0.3) is 0 Å². The number of nitrogens with zero attached hydrogens (tertiary/aromatic N) is 4. The number of fused-ring (bicyclic) bond motifs is 6. The number of benzene rings is 4. The number of nitrogens with one attached hydrogen (secondary N) is 4. The molecule has 4 amide bonds. The predicted octanol–water partition coefficient (Wildman–Crippen LogP) is 9.31. The molecule has 66 heavy (non-hydrogen) atoms. The van der Waals surface area contributed by atoms with Gasteiger partial charge in [-0.15, -0.1) is 0 Å². The van der Waals surface area contributed by atoms with Gasteiger partial charge in [-0.1, -0.05) is 81.4 Å². The van der Waals surface area contributed by atoms with Crippen molar-refractivity contribution in [2.24, 2.45) is 23.7 Å². The van der Waals surface area contributed by atoms with E-state index in [4.69, 9.17) is 19.4 Å². The molecule has 4 heterocycles. The van der Waals surface area contributed by atoms with Gasteiger partial charge in [0, 0.05) is 25.0 Å². The average molecular weight is 891 g/mol. The first kappa shape index (κ1) is 43.2. The summed E-state index contributed by atoms with van der Waals surface area (Å²) in [5.41, 5.74) is 10.2. The van der Waals surface area contributed by atoms with E-state index in [-0.39, 0.29) is 47.8 Å². The Kier molecular flexibility index (Phi) is 11.5. The van der Waals surface area contributed by atoms with Gasteiger partial charge in [-0.05, 0) is 120 Å². The minimum absolute atomic E-state index is 0.0187. The number of methoxy groups -OCH3 is 2. The van der Waals surface area contributed by atoms with Gasteiger partial charge >= 0.3 is 12.2 Å². The highest BCUT2D eigenvalue weighted by molar-refractivity contribution is 5.88. The van der Waals surface area contributed by atoms with Crippen LogP contribution in [0.15, 0.2) is 84.9 Å². The lowest BCUT2D eigenvalue weighted by Gasteiger charge is -2.37. The van der Waals surface area contributed by atoms with E-state index in [1.54, 1.807) is 0 Å². The molecule has 2 saturated heterocycles. The first-order chi connectivity index (χ1) is 32.0. The predicted molar refractivity (Wildman–Crippen MR) is 252 cm³/mol. The van der Waals surface area contributed by atoms with Crippen molar-refractivity contribution in [3.8, 4) is 33.4 Å². The van der Waals surface area contributed by atoms with Crippen molar-refractivity contribution >= 4 is 46.1 Å². The summed E-state index contributed by atoms with van der Waals surface area (Å²) >= 11 is 0. The largest absolute Gasteiger partial charge is 0.453 e. The molecule has 14 heteroatoms. The molecule has 4 aromatic carbocycles. The molecular weight excluding hydrogens is 833 g/mol. The summed E-state index contributed by atoms with van der Waals surface area (Å²) in [6, 6.07) is 29.2. The fourth-order valence-corrected chi connectivity index (χ4v) is 11.4. The maximum atomic E-state index is 14.0. The van der Waals surface area contributed by atoms with E-state index in [0.717, 1.165) is 106 Å². The van der Waals surface area contributed by atoms with Gasteiger partial charge in [0.1, 0.15) is 17.7 Å². The molecule has 2 aliphatic heterocycles. The molecule has 8 unspecified atom stereocenters. The Balaban J connectivity index is 0.818. The number of hydrogen-bond donors (Lipinski definition) is 4. The van der Waals surface area contributed by atoms with E-state index >= 15 is 0 Å². The Hall–Kier alpha value is -6.70. The number of H-pyrrole nitrogens is 2. The summed E-state index contributed by atoms with van der Waals surface area (Å²) in [5.74, 6) is 2.24. The van der Waals surface area contributed by atoms with Gasteiger partial charge < -0.3 is 39.9 Å². The lowest BCUT2D eigenvalue weighted by Crippen LogP contribution is -2.54. The molecule has 4 fully saturated rings. The van der Waals surface area contributed by atoms with E-state index < -0.39 is 18.2 Å². The molecule has 14 nitrogen and oxygen atoms in total. The Labute approximate surface area is 384 Å². The Morgan fingerprint density at radius 3 is 1.58 bits per heavy atom. The zero-order chi connectivity index (χ0) is 45.8. The minimum Gasteiger partial charge on any atom is -0.453 e. The van der Waals surface area contributed by atoms with Crippen LogP contribution in [0.1, 0.15) is 89.4 Å². The molecule has 8 atom stereocenters. The third-order valence-corrected chi connectivity index (χ3v) is 14.7. The summed E-state index contributed by atoms with van der Waals surface area (Å²) < 4.78 is 9.54. The van der Waals surface area contributed by atoms with Crippen LogP contribution in [0, 0.1) is 23.7 Å². The monoisotopic (exact) mass is 890 g/mol. The second-order valence-electron chi connectivity index (χ2n) is 19.3. The lowest BCUT2D eigenvalue weighted by atomic mass is 9.95. The molecule has 2 aromatic heterocycles. The number of likely N-dealkylation sites (tertiary alicyclic amines) is 2. The number of hydrogen-bond acceptors (Lipinski definition) is 8. The van der Waals surface area contributed by atoms with Crippen molar-refractivity contribution in [1.82, 2.24) is 40.4 Å². The third kappa shape index (κ3) is 8.04. The molecule has 4 N–H and O–H groups in total. The minimum atomic E-state index is -0.681. The van der Waals surface area contributed by atoms with Crippen molar-refractivity contribution in [2.75, 3.05) is 20.8 Å². The highest BCUT2D eigenvalue weighted by Gasteiger charge is 2.52. The van der Waals surface area contributed by atoms with Crippen molar-refractivity contribution in [3.05, 3.63) is 96.6 Å². The third-order valence-electron chi connectivity index (χ3n) is 14.7. The summed E-state index contributed by atoms with van der Waals surface area (Å²) in [6.45, 7) is 6.23. The van der Waals surface area contributed by atoms with Crippen molar-refractivity contribution < 1.29 is 28.7 Å². The van der Waals surface area contributed by atoms with Gasteiger partial charge in [0.05, 0.1) is 48.4 Å². The van der Waals surface area contributed by atoms with Crippen molar-refractivity contribution in [1.29, 1.82) is 0 Å². The van der Waals surface area contributed by atoms with Crippen LogP contribution in [0.5, 0.6) is 0 Å². The smallest absolute Gasteiger partial charge is 0.407 e. The molecule has 10 rings (SSSR count). The van der Waals surface area contributed by atoms with Gasteiger partial charge in [-0.25, -0.2) is 19.6 Å². The molecule has 342 valence electrons. The van der Waals surface area contributed by atoms with E-state index in [1.807, 2.05) is 31.7 Å². The van der Waals surface area contributed by atoms with Crippen LogP contribution in [-0.4, -0.2) is 92.6 Å². The first-order valence-corrected chi connectivity index (χ1v) is 23.5. The number of imidazole rings is 2. The van der Waals surface area contributed by atoms with E-state index in [9.17, 15) is 19.2 Å². The number of piperidine rings is 2. The number of aromatic nitrogens is 4. The van der Waals surface area contributed by atoms with Crippen molar-refractivity contribution in [3.63, 3.8) is 0 Å². The van der Waals surface area contributed by atoms with E-state index in [1.165, 1.54) is 14.2 Å². The van der Waals surface area contributed by atoms with E-state index in [0.29, 0.717) is 24.8 Å². The zero-order valence-electron chi connectivity index (χ0n) is 38.2. The normalized spacial score (nSPS) is 22.9. The van der Waals surface area contributed by atoms with Crippen LogP contribution in [0.2, 0.25) is 0 Å². The first-order valence-electron chi connectivity index (χ1n) is 23.5. The van der Waals surface area contributed by atoms with Gasteiger partial charge in [-0.3, -0.25) is 9.59 Å². The second-order valence-corrected chi connectivity index (χ2v) is 19.3. The summed E-state index contributed by atoms with van der Waals surface area (Å²) in [6.07, 6.45) is 5.30. The summed E-state index contributed by atoms with van der Waals surface area (Å²) in [7, 11) is 2.65. The lowest BCUT2D eigenvalue weighted by molar-refractivity contribution is -0.139. The number of rotatable bonds is 12. The molecule has 4 aliphatic rings. The Morgan fingerprint density at radius 2 is 1.09 bits per heavy atom. The van der Waals surface area contributed by atoms with Crippen LogP contribution in [0.25, 0.3) is 55.4 Å². The highest BCUT2D eigenvalue weighted by Crippen LogP contribution is 2.51. The number of carbonyl (C=O) groups is 4. The van der Waals surface area contributed by atoms with Crippen LogP contribution >= 0.6 is 0 Å². The quantitative estimate of drug-likeness (QED) is 0.0941. The van der Waals surface area contributed by atoms with E-state index in [2.05, 4.69) is 104 Å². The van der Waals surface area contributed by atoms with Crippen LogP contribution in [0.3, 0.4) is 0 Å². The summed E-state index contributed by atoms with van der Waals surface area (Å²) in [5, 5.41) is 5.49. The van der Waals surface area contributed by atoms with Gasteiger partial charge in [0.15, 0.2) is 0 Å². The maximum Gasteiger partial charge on any atom is 0.407 e. The SMILES string of the molecule is COC(=O)NCC(C)CC(=O)N1C2CCC(C2)C1c1nc2ccc(-c3ccc(-c4ccc(-c5ccc6nc(C7C8CCC(C8)N7C(=O)C(NC(=O)OC)C(C)C)[nH]c6c5)cc4)cc3)cc2[nH]1. The maximum absolute atomic E-state index is 14.0. The van der Waals surface area contributed by atoms with Crippen LogP contribution in [-0.2, 0) is 19.1 Å². The average Bonchev–Trinajstić information content (AvgIpc) is 4.21. The molecule has 2 saturated carbocycles. The van der Waals surface area contributed by atoms with Gasteiger partial charge in [0.2, 0.25) is 11.8 Å².